The summed E-state index contributed by atoms with van der Waals surface area (Å²) in [5.41, 5.74) is 8.62. The molecule has 11 heterocycles. The van der Waals surface area contributed by atoms with E-state index >= 15 is 0 Å². The molecule has 0 atom stereocenters. The van der Waals surface area contributed by atoms with Gasteiger partial charge in [-0.15, -0.1) is 54.4 Å². The number of oxazole rings is 1. The highest BCUT2D eigenvalue weighted by Crippen LogP contribution is 1.89. The second-order valence-electron chi connectivity index (χ2n) is 26.9. The zero-order valence-corrected chi connectivity index (χ0v) is 72.5. The summed E-state index contributed by atoms with van der Waals surface area (Å²) in [6.07, 6.45) is 32.4. The zero-order valence-electron chi connectivity index (χ0n) is 69.2. The second-order valence-corrected chi connectivity index (χ2v) is 29.7. The van der Waals surface area contributed by atoms with Gasteiger partial charge in [-0.3, -0.25) is 15.0 Å². The fourth-order valence-electron chi connectivity index (χ4n) is 2.06. The predicted molar refractivity (Wildman–Crippen MR) is 439 cm³/mol. The van der Waals surface area contributed by atoms with Gasteiger partial charge in [0.15, 0.2) is 12.7 Å². The van der Waals surface area contributed by atoms with Crippen molar-refractivity contribution in [3.8, 4) is 0 Å². The molecule has 0 amide bonds. The van der Waals surface area contributed by atoms with E-state index in [0.717, 1.165) is 65.1 Å². The molecule has 0 fully saturated rings. The maximum absolute atomic E-state index is 4.47. The largest absolute Gasteiger partial charge is 0.452 e. The van der Waals surface area contributed by atoms with Gasteiger partial charge < -0.3 is 18.3 Å². The lowest BCUT2D eigenvalue weighted by molar-refractivity contribution is 0.416. The first-order valence-corrected chi connectivity index (χ1v) is 38.0. The third-order valence-electron chi connectivity index (χ3n) is 4.02. The van der Waals surface area contributed by atoms with Crippen LogP contribution in [-0.2, 0) is 0 Å². The highest BCUT2D eigenvalue weighted by Gasteiger charge is 1.74. The lowest BCUT2D eigenvalue weighted by Crippen LogP contribution is -1.73. The van der Waals surface area contributed by atoms with Crippen molar-refractivity contribution >= 4 is 45.5 Å². The fraction of sp³-hybridized carbons (Fsp3) is 0.579. The van der Waals surface area contributed by atoms with Gasteiger partial charge in [0, 0.05) is 60.3 Å². The molecule has 0 aliphatic carbocycles. The first-order chi connectivity index (χ1) is 48.1. The van der Waals surface area contributed by atoms with Gasteiger partial charge >= 0.3 is 0 Å². The number of rotatable bonds is 0. The van der Waals surface area contributed by atoms with E-state index in [1.54, 1.807) is 118 Å². The molecule has 0 bridgehead atoms. The number of hydrogen-bond acceptors (Lipinski definition) is 25. The first-order valence-electron chi connectivity index (χ1n) is 34.3. The van der Waals surface area contributed by atoms with E-state index in [-0.39, 0.29) is 0 Å². The number of aromatic nitrogens is 19. The van der Waals surface area contributed by atoms with Crippen LogP contribution < -0.4 is 0 Å². The summed E-state index contributed by atoms with van der Waals surface area (Å²) in [7, 11) is 0. The van der Waals surface area contributed by atoms with Crippen molar-refractivity contribution in [3.63, 3.8) is 0 Å². The molecule has 26 heteroatoms. The van der Waals surface area contributed by atoms with Crippen molar-refractivity contribution in [1.29, 1.82) is 0 Å². The normalized spacial score (nSPS) is 8.43. The number of thiazole rings is 2. The summed E-state index contributed by atoms with van der Waals surface area (Å²) in [6.45, 7) is 71.5. The molecular weight excluding hydrogens is 1360 g/mol. The number of hydrogen-bond donors (Lipinski definition) is 1. The van der Waals surface area contributed by atoms with Gasteiger partial charge in [0.1, 0.15) is 54.4 Å². The summed E-state index contributed by atoms with van der Waals surface area (Å²) < 4.78 is 16.7. The van der Waals surface area contributed by atoms with E-state index in [0.29, 0.717) is 0 Å². The van der Waals surface area contributed by atoms with Crippen molar-refractivity contribution < 1.29 is 13.4 Å². The van der Waals surface area contributed by atoms with Gasteiger partial charge in [0.05, 0.1) is 23.5 Å². The third kappa shape index (κ3) is 304. The SMILES string of the molecule is CC(C)C.CC(C)C.CC(C)C.CC(C)C.CC(C)C.CC(C)C.CC(C)C.CC(C)C.CC(C)C.CC(C)C.CC(C)C.c1c[nH]cn1.c1ccncc1.c1cncnc1.c1cocn1.c1cscn1.c1cscn1.c1ncncn1.c1ncon1.c1ncsn1.c1nnco1.c1nncs1. The Morgan fingerprint density at radius 2 is 0.647 bits per heavy atom. The summed E-state index contributed by atoms with van der Waals surface area (Å²) in [6, 6.07) is 7.49. The molecule has 11 aromatic heterocycles. The van der Waals surface area contributed by atoms with Gasteiger partial charge in [-0.05, 0) is 94.8 Å². The fourth-order valence-corrected chi connectivity index (χ4v) is 3.30. The minimum atomic E-state index is 0.833. The lowest BCUT2D eigenvalue weighted by Gasteiger charge is -1.79. The van der Waals surface area contributed by atoms with Crippen LogP contribution in [0, 0.1) is 65.1 Å². The van der Waals surface area contributed by atoms with Gasteiger partial charge in [-0.25, -0.2) is 44.9 Å². The van der Waals surface area contributed by atoms with E-state index < -0.39 is 0 Å². The van der Waals surface area contributed by atoms with Crippen molar-refractivity contribution in [2.45, 2.75) is 228 Å². The summed E-state index contributed by atoms with van der Waals surface area (Å²) in [4.78, 5) is 46.3. The molecule has 0 radical (unpaired) electrons. The molecule has 0 aromatic carbocycles. The molecule has 0 aliphatic heterocycles. The number of pyridine rings is 1. The van der Waals surface area contributed by atoms with Crippen molar-refractivity contribution in [2.24, 2.45) is 65.1 Å². The molecule has 0 saturated carbocycles. The molecule has 1 N–H and O–H groups in total. The molecule has 584 valence electrons. The second kappa shape index (κ2) is 115. The molecule has 0 spiro atoms. The Morgan fingerprint density at radius 3 is 0.745 bits per heavy atom. The monoisotopic (exact) mass is 1500 g/mol. The van der Waals surface area contributed by atoms with Gasteiger partial charge in [0.2, 0.25) is 19.2 Å². The average molecular weight is 1500 g/mol. The topological polar surface area (TPSA) is 287 Å². The van der Waals surface area contributed by atoms with E-state index in [4.69, 9.17) is 0 Å². The van der Waals surface area contributed by atoms with E-state index in [1.807, 2.05) is 29.0 Å². The molecule has 102 heavy (non-hydrogen) atoms. The Bertz CT molecular complexity index is 1860. The van der Waals surface area contributed by atoms with Crippen LogP contribution in [0.25, 0.3) is 0 Å². The van der Waals surface area contributed by atoms with Crippen LogP contribution in [-0.4, -0.2) is 94.7 Å². The minimum absolute atomic E-state index is 0.833. The van der Waals surface area contributed by atoms with Crippen LogP contribution in [0.15, 0.2) is 208 Å². The molecule has 0 aliphatic rings. The zero-order chi connectivity index (χ0) is 80.4. The molecule has 11 rings (SSSR count). The van der Waals surface area contributed by atoms with Crippen molar-refractivity contribution in [2.75, 3.05) is 0 Å². The number of H-pyrrole nitrogens is 1. The highest BCUT2D eigenvalue weighted by atomic mass is 32.1. The molecule has 0 saturated heterocycles. The Labute approximate surface area is 637 Å². The summed E-state index contributed by atoms with van der Waals surface area (Å²) in [5, 5.41) is 20.7. The maximum atomic E-state index is 4.47. The number of imidazole rings is 1. The number of nitrogens with zero attached hydrogens (tertiary/aromatic N) is 18. The van der Waals surface area contributed by atoms with Crippen LogP contribution in [0.4, 0.5) is 0 Å². The quantitative estimate of drug-likeness (QED) is 0.148. The van der Waals surface area contributed by atoms with E-state index in [1.165, 1.54) is 92.7 Å². The van der Waals surface area contributed by atoms with Crippen LogP contribution >= 0.6 is 45.5 Å². The molecular formula is C76H143N19O3S4. The smallest absolute Gasteiger partial charge is 0.213 e. The Kier molecular flexibility index (Phi) is 133. The van der Waals surface area contributed by atoms with Gasteiger partial charge in [0.25, 0.3) is 0 Å². The van der Waals surface area contributed by atoms with Crippen molar-refractivity contribution in [3.05, 3.63) is 194 Å². The lowest BCUT2D eigenvalue weighted by atomic mass is 10.3. The van der Waals surface area contributed by atoms with E-state index in [2.05, 4.69) is 337 Å². The highest BCUT2D eigenvalue weighted by molar-refractivity contribution is 7.07. The van der Waals surface area contributed by atoms with Gasteiger partial charge in [-0.1, -0.05) is 240 Å². The molecule has 0 unspecified atom stereocenters. The van der Waals surface area contributed by atoms with Crippen LogP contribution in [0.5, 0.6) is 0 Å². The maximum Gasteiger partial charge on any atom is 0.213 e. The average Bonchev–Trinajstić information content (AvgIpc) is 4.61. The van der Waals surface area contributed by atoms with Crippen LogP contribution in [0.3, 0.4) is 0 Å². The van der Waals surface area contributed by atoms with Crippen molar-refractivity contribution in [1.82, 2.24) is 94.7 Å². The Morgan fingerprint density at radius 1 is 0.265 bits per heavy atom. The minimum Gasteiger partial charge on any atom is -0.452 e. The van der Waals surface area contributed by atoms with Gasteiger partial charge in [-0.2, -0.15) is 4.37 Å². The standard InChI is InChI=1S/C5H5N.C4H4N2.11C4H10.C3H3N3.C3H4N2.C3H3NO.2C3H3NS.2C2H2N2O.2C2H2N2S/c1-2-4-6-5-3-1;1-2-5-4-6-3-1;11*1-4(2)3;1-4-2-6-3-5-1;4*1-2-5-3-4-1;1-3-4-2-5-1;1-3-2-5-4-1;1-3-4-2-5-1;1-3-2-5-4-1/h1-5H;1-4H;11*4H,1-3H3;1-3H;1-3H,(H,4,5);3*1-3H;4*1-2H. The van der Waals surface area contributed by atoms with Crippen LogP contribution in [0.2, 0.25) is 0 Å². The number of aromatic amines is 1. The predicted octanol–water partition coefficient (Wildman–Crippen LogP) is 24.3. The third-order valence-corrected chi connectivity index (χ3v) is 5.93. The summed E-state index contributed by atoms with van der Waals surface area (Å²) >= 11 is 6.05. The number of nitrogens with one attached hydrogen (secondary N) is 1. The molecule has 22 nitrogen and oxygen atoms in total. The first kappa shape index (κ1) is 118. The Hall–Kier alpha value is -7.68. The Balaban J connectivity index is -0.0000000947. The van der Waals surface area contributed by atoms with Crippen LogP contribution in [0.1, 0.15) is 228 Å². The molecule has 11 aromatic rings. The summed E-state index contributed by atoms with van der Waals surface area (Å²) in [5.74, 6) is 9.17. The van der Waals surface area contributed by atoms with E-state index in [9.17, 15) is 0 Å².